The normalized spacial score (nSPS) is 15.8. The van der Waals surface area contributed by atoms with E-state index in [9.17, 15) is 9.18 Å². The number of methoxy groups -OCH3 is 1. The Balaban J connectivity index is 1.49. The van der Waals surface area contributed by atoms with Crippen molar-refractivity contribution >= 4 is 16.8 Å². The number of primary amides is 1. The number of aryl methyl sites for hydroxylation is 1. The van der Waals surface area contributed by atoms with Gasteiger partial charge in [0.25, 0.3) is 0 Å². The fourth-order valence-corrected chi connectivity index (χ4v) is 4.72. The molecule has 1 aromatic heterocycles. The third kappa shape index (κ3) is 4.30. The molecule has 1 aliphatic heterocycles. The van der Waals surface area contributed by atoms with Crippen molar-refractivity contribution in [2.45, 2.75) is 45.2 Å². The summed E-state index contributed by atoms with van der Waals surface area (Å²) in [5.41, 5.74) is 8.99. The molecule has 0 bridgehead atoms. The Morgan fingerprint density at radius 3 is 2.88 bits per heavy atom. The van der Waals surface area contributed by atoms with Crippen LogP contribution in [0.15, 0.2) is 36.5 Å². The second-order valence-corrected chi connectivity index (χ2v) is 8.60. The van der Waals surface area contributed by atoms with E-state index in [1.807, 2.05) is 6.20 Å². The van der Waals surface area contributed by atoms with E-state index in [0.717, 1.165) is 41.4 Å². The topological polar surface area (TPSA) is 80.6 Å². The Labute approximate surface area is 187 Å². The van der Waals surface area contributed by atoms with Crippen LogP contribution in [0.25, 0.3) is 10.9 Å². The highest BCUT2D eigenvalue weighted by Gasteiger charge is 2.31. The van der Waals surface area contributed by atoms with Crippen molar-refractivity contribution < 1.29 is 18.7 Å². The van der Waals surface area contributed by atoms with Crippen molar-refractivity contribution in [1.29, 1.82) is 0 Å². The maximum atomic E-state index is 13.7. The van der Waals surface area contributed by atoms with E-state index in [1.54, 1.807) is 31.4 Å². The molecule has 1 unspecified atom stereocenters. The zero-order valence-corrected chi connectivity index (χ0v) is 18.8. The van der Waals surface area contributed by atoms with Crippen LogP contribution in [0.4, 0.5) is 4.39 Å². The molecule has 0 spiro atoms. The summed E-state index contributed by atoms with van der Waals surface area (Å²) in [6, 6.07) is 8.69. The number of aromatic nitrogens is 1. The minimum atomic E-state index is -0.462. The lowest BCUT2D eigenvalue weighted by molar-refractivity contribution is 0.0879. The van der Waals surface area contributed by atoms with Crippen molar-refractivity contribution in [2.75, 3.05) is 20.3 Å². The molecule has 0 fully saturated rings. The van der Waals surface area contributed by atoms with Gasteiger partial charge in [0.1, 0.15) is 12.4 Å². The highest BCUT2D eigenvalue weighted by Crippen LogP contribution is 2.38. The zero-order valence-electron chi connectivity index (χ0n) is 18.8. The van der Waals surface area contributed by atoms with Gasteiger partial charge in [-0.25, -0.2) is 4.39 Å². The Hall–Kier alpha value is -3.06. The molecule has 0 saturated heterocycles. The maximum absolute atomic E-state index is 13.7. The van der Waals surface area contributed by atoms with Gasteiger partial charge >= 0.3 is 0 Å². The zero-order chi connectivity index (χ0) is 22.8. The summed E-state index contributed by atoms with van der Waals surface area (Å²) in [5.74, 6) is 0.548. The van der Waals surface area contributed by atoms with E-state index in [4.69, 9.17) is 15.2 Å². The van der Waals surface area contributed by atoms with Gasteiger partial charge in [0, 0.05) is 40.3 Å². The van der Waals surface area contributed by atoms with Crippen molar-refractivity contribution in [3.05, 3.63) is 59.0 Å². The SMILES string of the molecule is COc1ccc(C(N)=O)c2c1OCC(N(CCCc1c[nH]c3ccc(F)cc13)C(C)C)C2. The van der Waals surface area contributed by atoms with E-state index < -0.39 is 5.91 Å². The predicted octanol–water partition coefficient (Wildman–Crippen LogP) is 4.06. The summed E-state index contributed by atoms with van der Waals surface area (Å²) in [7, 11) is 1.59. The first-order valence-corrected chi connectivity index (χ1v) is 11.0. The first kappa shape index (κ1) is 22.1. The average molecular weight is 440 g/mol. The number of H-pyrrole nitrogens is 1. The lowest BCUT2D eigenvalue weighted by Gasteiger charge is -2.38. The smallest absolute Gasteiger partial charge is 0.249 e. The number of rotatable bonds is 8. The Kier molecular flexibility index (Phi) is 6.37. The maximum Gasteiger partial charge on any atom is 0.249 e. The summed E-state index contributed by atoms with van der Waals surface area (Å²) in [5, 5.41) is 0.939. The standard InChI is InChI=1S/C25H30FN3O3/c1-15(2)29(10-4-5-16-13-28-22-8-6-17(26)11-20(16)22)18-12-21-19(25(27)30)7-9-23(31-3)24(21)32-14-18/h6-9,11,13,15,18,28H,4-5,10,12,14H2,1-3H3,(H2,27,30). The van der Waals surface area contributed by atoms with Gasteiger partial charge in [0.2, 0.25) is 5.91 Å². The van der Waals surface area contributed by atoms with Crippen LogP contribution in [0.2, 0.25) is 0 Å². The molecule has 0 radical (unpaired) electrons. The first-order valence-electron chi connectivity index (χ1n) is 11.0. The van der Waals surface area contributed by atoms with Gasteiger partial charge in [0.15, 0.2) is 11.5 Å². The van der Waals surface area contributed by atoms with E-state index in [2.05, 4.69) is 23.7 Å². The van der Waals surface area contributed by atoms with E-state index in [1.165, 1.54) is 6.07 Å². The Morgan fingerprint density at radius 2 is 2.16 bits per heavy atom. The minimum Gasteiger partial charge on any atom is -0.493 e. The number of halogens is 1. The molecule has 1 amide bonds. The number of nitrogens with one attached hydrogen (secondary N) is 1. The van der Waals surface area contributed by atoms with Gasteiger partial charge in [-0.3, -0.25) is 9.69 Å². The quantitative estimate of drug-likeness (QED) is 0.555. The monoisotopic (exact) mass is 439 g/mol. The number of nitrogens with two attached hydrogens (primary N) is 1. The summed E-state index contributed by atoms with van der Waals surface area (Å²) in [6.07, 6.45) is 4.40. The summed E-state index contributed by atoms with van der Waals surface area (Å²) in [6.45, 7) is 5.70. The second kappa shape index (κ2) is 9.20. The molecule has 7 heteroatoms. The van der Waals surface area contributed by atoms with Crippen LogP contribution in [0.3, 0.4) is 0 Å². The van der Waals surface area contributed by atoms with Gasteiger partial charge < -0.3 is 20.2 Å². The molecule has 170 valence electrons. The summed E-state index contributed by atoms with van der Waals surface area (Å²) < 4.78 is 25.2. The Bertz CT molecular complexity index is 1130. The fraction of sp³-hybridized carbons (Fsp3) is 0.400. The lowest BCUT2D eigenvalue weighted by Crippen LogP contribution is -2.47. The number of hydrogen-bond donors (Lipinski definition) is 2. The summed E-state index contributed by atoms with van der Waals surface area (Å²) in [4.78, 5) is 17.6. The number of fused-ring (bicyclic) bond motifs is 2. The van der Waals surface area contributed by atoms with Gasteiger partial charge in [-0.05, 0) is 75.5 Å². The van der Waals surface area contributed by atoms with Crippen LogP contribution in [-0.4, -0.2) is 48.1 Å². The molecule has 32 heavy (non-hydrogen) atoms. The number of amides is 1. The molecule has 1 atom stereocenters. The molecule has 6 nitrogen and oxygen atoms in total. The molecule has 0 saturated carbocycles. The third-order valence-corrected chi connectivity index (χ3v) is 6.29. The van der Waals surface area contributed by atoms with Crippen LogP contribution in [-0.2, 0) is 12.8 Å². The van der Waals surface area contributed by atoms with E-state index >= 15 is 0 Å². The predicted molar refractivity (Wildman–Crippen MR) is 123 cm³/mol. The van der Waals surface area contributed by atoms with Gasteiger partial charge in [-0.15, -0.1) is 0 Å². The van der Waals surface area contributed by atoms with Crippen LogP contribution < -0.4 is 15.2 Å². The molecule has 2 aromatic carbocycles. The van der Waals surface area contributed by atoms with Crippen LogP contribution in [0.1, 0.15) is 41.8 Å². The van der Waals surface area contributed by atoms with E-state index in [-0.39, 0.29) is 11.9 Å². The molecule has 1 aliphatic rings. The highest BCUT2D eigenvalue weighted by molar-refractivity contribution is 5.95. The largest absolute Gasteiger partial charge is 0.493 e. The van der Waals surface area contributed by atoms with E-state index in [0.29, 0.717) is 36.1 Å². The lowest BCUT2D eigenvalue weighted by atomic mass is 9.94. The number of ether oxygens (including phenoxy) is 2. The van der Waals surface area contributed by atoms with Crippen molar-refractivity contribution in [1.82, 2.24) is 9.88 Å². The molecule has 3 aromatic rings. The molecular weight excluding hydrogens is 409 g/mol. The number of aromatic amines is 1. The number of hydrogen-bond acceptors (Lipinski definition) is 4. The molecule has 0 aliphatic carbocycles. The van der Waals surface area contributed by atoms with Crippen LogP contribution in [0, 0.1) is 5.82 Å². The Morgan fingerprint density at radius 1 is 1.34 bits per heavy atom. The van der Waals surface area contributed by atoms with Gasteiger partial charge in [-0.2, -0.15) is 0 Å². The minimum absolute atomic E-state index is 0.119. The van der Waals surface area contributed by atoms with Gasteiger partial charge in [-0.1, -0.05) is 0 Å². The number of nitrogens with zero attached hydrogens (tertiary/aromatic N) is 1. The van der Waals surface area contributed by atoms with Crippen LogP contribution in [0.5, 0.6) is 11.5 Å². The van der Waals surface area contributed by atoms with Crippen molar-refractivity contribution in [2.24, 2.45) is 5.73 Å². The summed E-state index contributed by atoms with van der Waals surface area (Å²) >= 11 is 0. The van der Waals surface area contributed by atoms with Crippen LogP contribution >= 0.6 is 0 Å². The second-order valence-electron chi connectivity index (χ2n) is 8.60. The molecule has 4 rings (SSSR count). The molecular formula is C25H30FN3O3. The molecule has 3 N–H and O–H groups in total. The molecule has 2 heterocycles. The number of carbonyl (C=O) groups excluding carboxylic acids is 1. The van der Waals surface area contributed by atoms with Crippen molar-refractivity contribution in [3.8, 4) is 11.5 Å². The van der Waals surface area contributed by atoms with Crippen molar-refractivity contribution in [3.63, 3.8) is 0 Å². The number of carbonyl (C=O) groups is 1. The fourth-order valence-electron chi connectivity index (χ4n) is 4.72. The average Bonchev–Trinajstić information content (AvgIpc) is 3.17. The highest BCUT2D eigenvalue weighted by atomic mass is 19.1. The first-order chi connectivity index (χ1) is 15.4. The van der Waals surface area contributed by atoms with Gasteiger partial charge in [0.05, 0.1) is 7.11 Å². The number of benzene rings is 2. The third-order valence-electron chi connectivity index (χ3n) is 6.29.